The molecule has 2 N–H and O–H groups in total. The molecule has 94 valence electrons. The number of nitrogens with two attached hydrogens (primary N) is 1. The van der Waals surface area contributed by atoms with E-state index >= 15 is 0 Å². The van der Waals surface area contributed by atoms with E-state index in [-0.39, 0.29) is 11.5 Å². The van der Waals surface area contributed by atoms with Crippen LogP contribution >= 0.6 is 0 Å². The van der Waals surface area contributed by atoms with Crippen LogP contribution in [0.2, 0.25) is 0 Å². The highest BCUT2D eigenvalue weighted by Crippen LogP contribution is 2.50. The normalized spacial score (nSPS) is 19.0. The molecule has 1 aromatic rings. The number of ether oxygens (including phenoxy) is 1. The zero-order chi connectivity index (χ0) is 12.3. The van der Waals surface area contributed by atoms with E-state index in [1.165, 1.54) is 24.0 Å². The standard InChI is InChI=1S/C15H23NO/c1-12(16)15(9-10-15)14-7-5-13(6-8-14)4-3-11-17-2/h5-8,12H,3-4,9-11,16H2,1-2H3. The predicted molar refractivity (Wildman–Crippen MR) is 71.2 cm³/mol. The highest BCUT2D eigenvalue weighted by molar-refractivity contribution is 5.35. The molecule has 2 heteroatoms. The van der Waals surface area contributed by atoms with Crippen molar-refractivity contribution in [1.82, 2.24) is 0 Å². The first-order chi connectivity index (χ1) is 8.19. The van der Waals surface area contributed by atoms with Crippen molar-refractivity contribution in [2.24, 2.45) is 5.73 Å². The summed E-state index contributed by atoms with van der Waals surface area (Å²) in [6.45, 7) is 2.96. The minimum atomic E-state index is 0.266. The number of rotatable bonds is 6. The van der Waals surface area contributed by atoms with Gasteiger partial charge in [0.1, 0.15) is 0 Å². The first kappa shape index (κ1) is 12.6. The van der Waals surface area contributed by atoms with Crippen molar-refractivity contribution in [3.63, 3.8) is 0 Å². The summed E-state index contributed by atoms with van der Waals surface area (Å²) in [7, 11) is 1.75. The van der Waals surface area contributed by atoms with E-state index in [1.54, 1.807) is 7.11 Å². The van der Waals surface area contributed by atoms with E-state index in [0.29, 0.717) is 0 Å². The molecule has 0 aliphatic heterocycles. The molecule has 1 fully saturated rings. The predicted octanol–water partition coefficient (Wildman–Crippen LogP) is 2.64. The first-order valence-corrected chi connectivity index (χ1v) is 6.53. The third-order valence-corrected chi connectivity index (χ3v) is 4.00. The quantitative estimate of drug-likeness (QED) is 0.767. The molecule has 0 bridgehead atoms. The molecule has 0 aromatic heterocycles. The molecule has 1 aliphatic rings. The molecule has 1 atom stereocenters. The summed E-state index contributed by atoms with van der Waals surface area (Å²) in [6, 6.07) is 9.28. The largest absolute Gasteiger partial charge is 0.385 e. The van der Waals surface area contributed by atoms with Crippen LogP contribution in [0.25, 0.3) is 0 Å². The monoisotopic (exact) mass is 233 g/mol. The number of methoxy groups -OCH3 is 1. The van der Waals surface area contributed by atoms with E-state index in [2.05, 4.69) is 31.2 Å². The molecule has 0 heterocycles. The van der Waals surface area contributed by atoms with Gasteiger partial charge in [-0.1, -0.05) is 24.3 Å². The third kappa shape index (κ3) is 2.70. The molecule has 1 aliphatic carbocycles. The third-order valence-electron chi connectivity index (χ3n) is 4.00. The van der Waals surface area contributed by atoms with Gasteiger partial charge in [0.15, 0.2) is 0 Å². The second-order valence-corrected chi connectivity index (χ2v) is 5.24. The lowest BCUT2D eigenvalue weighted by Gasteiger charge is -2.20. The first-order valence-electron chi connectivity index (χ1n) is 6.53. The van der Waals surface area contributed by atoms with Gasteiger partial charge in [0.2, 0.25) is 0 Å². The smallest absolute Gasteiger partial charge is 0.0465 e. The summed E-state index contributed by atoms with van der Waals surface area (Å²) in [6.07, 6.45) is 4.68. The van der Waals surface area contributed by atoms with Gasteiger partial charge in [-0.05, 0) is 43.7 Å². The van der Waals surface area contributed by atoms with Crippen molar-refractivity contribution in [1.29, 1.82) is 0 Å². The molecule has 1 aromatic carbocycles. The van der Waals surface area contributed by atoms with Crippen molar-refractivity contribution < 1.29 is 4.74 Å². The van der Waals surface area contributed by atoms with Crippen molar-refractivity contribution >= 4 is 0 Å². The van der Waals surface area contributed by atoms with E-state index in [1.807, 2.05) is 0 Å². The van der Waals surface area contributed by atoms with Crippen LogP contribution in [0.5, 0.6) is 0 Å². The Morgan fingerprint density at radius 2 is 1.94 bits per heavy atom. The average molecular weight is 233 g/mol. The van der Waals surface area contributed by atoms with Crippen LogP contribution in [0.4, 0.5) is 0 Å². The van der Waals surface area contributed by atoms with Gasteiger partial charge < -0.3 is 10.5 Å². The van der Waals surface area contributed by atoms with Crippen molar-refractivity contribution in [2.45, 2.75) is 44.1 Å². The lowest BCUT2D eigenvalue weighted by atomic mass is 9.89. The fourth-order valence-electron chi connectivity index (χ4n) is 2.57. The molecule has 17 heavy (non-hydrogen) atoms. The molecule has 0 radical (unpaired) electrons. The molecule has 1 unspecified atom stereocenters. The van der Waals surface area contributed by atoms with Gasteiger partial charge in [0.05, 0.1) is 0 Å². The van der Waals surface area contributed by atoms with Gasteiger partial charge >= 0.3 is 0 Å². The topological polar surface area (TPSA) is 35.2 Å². The van der Waals surface area contributed by atoms with Gasteiger partial charge in [-0.2, -0.15) is 0 Å². The molecule has 0 spiro atoms. The number of benzene rings is 1. The van der Waals surface area contributed by atoms with Crippen LogP contribution in [0.3, 0.4) is 0 Å². The fourth-order valence-corrected chi connectivity index (χ4v) is 2.57. The lowest BCUT2D eigenvalue weighted by molar-refractivity contribution is 0.195. The summed E-state index contributed by atoms with van der Waals surface area (Å²) in [4.78, 5) is 0. The van der Waals surface area contributed by atoms with E-state index < -0.39 is 0 Å². The van der Waals surface area contributed by atoms with Gasteiger partial charge in [-0.15, -0.1) is 0 Å². The van der Waals surface area contributed by atoms with Crippen LogP contribution in [0, 0.1) is 0 Å². The highest BCUT2D eigenvalue weighted by Gasteiger charge is 2.47. The maximum atomic E-state index is 6.08. The maximum absolute atomic E-state index is 6.08. The van der Waals surface area contributed by atoms with E-state index in [0.717, 1.165) is 19.4 Å². The molecule has 0 amide bonds. The summed E-state index contributed by atoms with van der Waals surface area (Å²) >= 11 is 0. The van der Waals surface area contributed by atoms with Gasteiger partial charge in [-0.3, -0.25) is 0 Å². The summed E-state index contributed by atoms with van der Waals surface area (Å²) in [5, 5.41) is 0. The Morgan fingerprint density at radius 3 is 2.41 bits per heavy atom. The Kier molecular flexibility index (Phi) is 3.85. The Labute approximate surface area is 104 Å². The maximum Gasteiger partial charge on any atom is 0.0465 e. The van der Waals surface area contributed by atoms with Crippen LogP contribution < -0.4 is 5.73 Å². The van der Waals surface area contributed by atoms with Crippen LogP contribution in [0.15, 0.2) is 24.3 Å². The Bertz CT molecular complexity index is 352. The number of hydrogen-bond donors (Lipinski definition) is 1. The summed E-state index contributed by atoms with van der Waals surface area (Å²) < 4.78 is 5.07. The van der Waals surface area contributed by atoms with Gasteiger partial charge in [0, 0.05) is 25.2 Å². The Morgan fingerprint density at radius 1 is 1.29 bits per heavy atom. The van der Waals surface area contributed by atoms with E-state index in [9.17, 15) is 0 Å². The second-order valence-electron chi connectivity index (χ2n) is 5.24. The molecular formula is C15H23NO. The lowest BCUT2D eigenvalue weighted by Crippen LogP contribution is -2.31. The molecule has 1 saturated carbocycles. The average Bonchev–Trinajstić information content (AvgIpc) is 3.11. The molecule has 0 saturated heterocycles. The number of aryl methyl sites for hydroxylation is 1. The summed E-state index contributed by atoms with van der Waals surface area (Å²) in [5.41, 5.74) is 9.18. The minimum absolute atomic E-state index is 0.266. The van der Waals surface area contributed by atoms with Crippen molar-refractivity contribution in [3.8, 4) is 0 Å². The highest BCUT2D eigenvalue weighted by atomic mass is 16.5. The SMILES string of the molecule is COCCCc1ccc(C2(C(C)N)CC2)cc1. The van der Waals surface area contributed by atoms with Crippen LogP contribution in [-0.4, -0.2) is 19.8 Å². The minimum Gasteiger partial charge on any atom is -0.385 e. The molecule has 2 rings (SSSR count). The zero-order valence-electron chi connectivity index (χ0n) is 10.9. The zero-order valence-corrected chi connectivity index (χ0v) is 10.9. The number of hydrogen-bond acceptors (Lipinski definition) is 2. The van der Waals surface area contributed by atoms with Gasteiger partial charge in [-0.25, -0.2) is 0 Å². The van der Waals surface area contributed by atoms with E-state index in [4.69, 9.17) is 10.5 Å². The second kappa shape index (κ2) is 5.19. The van der Waals surface area contributed by atoms with Crippen molar-refractivity contribution in [3.05, 3.63) is 35.4 Å². The molecule has 2 nitrogen and oxygen atoms in total. The summed E-state index contributed by atoms with van der Waals surface area (Å²) in [5.74, 6) is 0. The van der Waals surface area contributed by atoms with Crippen LogP contribution in [0.1, 0.15) is 37.3 Å². The Hall–Kier alpha value is -0.860. The van der Waals surface area contributed by atoms with Crippen LogP contribution in [-0.2, 0) is 16.6 Å². The van der Waals surface area contributed by atoms with Crippen molar-refractivity contribution in [2.75, 3.05) is 13.7 Å². The molecular weight excluding hydrogens is 210 g/mol. The Balaban J connectivity index is 1.99. The van der Waals surface area contributed by atoms with Gasteiger partial charge in [0.25, 0.3) is 0 Å². The fraction of sp³-hybridized carbons (Fsp3) is 0.600.